The van der Waals surface area contributed by atoms with Crippen molar-refractivity contribution in [2.45, 2.75) is 96.2 Å². The third-order valence-corrected chi connectivity index (χ3v) is 6.09. The largest absolute Gasteiger partial charge is 0.494 e. The van der Waals surface area contributed by atoms with Crippen molar-refractivity contribution in [2.75, 3.05) is 0 Å². The molecule has 0 atom stereocenters. The predicted molar refractivity (Wildman–Crippen MR) is 113 cm³/mol. The Labute approximate surface area is 174 Å². The molecule has 29 heavy (non-hydrogen) atoms. The van der Waals surface area contributed by atoms with Crippen LogP contribution >= 0.6 is 0 Å². The molecule has 1 aromatic rings. The van der Waals surface area contributed by atoms with Gasteiger partial charge in [0.1, 0.15) is 5.60 Å². The number of hydrogen-bond donors (Lipinski definition) is 2. The molecule has 0 aromatic heterocycles. The second-order valence-corrected chi connectivity index (χ2v) is 10.8. The van der Waals surface area contributed by atoms with Gasteiger partial charge in [-0.15, -0.1) is 0 Å². The highest BCUT2D eigenvalue weighted by atomic mass is 16.7. The van der Waals surface area contributed by atoms with E-state index in [-0.39, 0.29) is 0 Å². The zero-order valence-electron chi connectivity index (χ0n) is 18.9. The minimum atomic E-state index is -0.820. The Kier molecular flexibility index (Phi) is 5.13. The number of ether oxygens (including phenoxy) is 1. The van der Waals surface area contributed by atoms with Crippen LogP contribution in [0.2, 0.25) is 0 Å². The van der Waals surface area contributed by atoms with E-state index in [1.54, 1.807) is 6.92 Å². The number of aliphatic hydroxyl groups is 1. The van der Waals surface area contributed by atoms with Crippen LogP contribution in [-0.4, -0.2) is 40.7 Å². The predicted octanol–water partition coefficient (Wildman–Crippen LogP) is 3.25. The molecule has 6 nitrogen and oxygen atoms in total. The Hall–Kier alpha value is -1.57. The normalized spacial score (nSPS) is 30.6. The average molecular weight is 403 g/mol. The molecule has 1 amide bonds. The van der Waals surface area contributed by atoms with E-state index in [9.17, 15) is 9.90 Å². The molecule has 1 aliphatic carbocycles. The van der Waals surface area contributed by atoms with Crippen molar-refractivity contribution in [1.82, 2.24) is 5.32 Å². The summed E-state index contributed by atoms with van der Waals surface area (Å²) in [6.45, 7) is 15.4. The minimum absolute atomic E-state index is 0.400. The van der Waals surface area contributed by atoms with Crippen molar-refractivity contribution in [2.24, 2.45) is 0 Å². The Bertz CT molecular complexity index is 755. The van der Waals surface area contributed by atoms with Gasteiger partial charge >= 0.3 is 13.2 Å². The van der Waals surface area contributed by atoms with Crippen LogP contribution in [0.3, 0.4) is 0 Å². The number of benzene rings is 1. The number of carbonyl (C=O) groups is 1. The van der Waals surface area contributed by atoms with Crippen molar-refractivity contribution in [1.29, 1.82) is 0 Å². The Morgan fingerprint density at radius 3 is 1.93 bits per heavy atom. The lowest BCUT2D eigenvalue weighted by atomic mass is 9.62. The van der Waals surface area contributed by atoms with Crippen LogP contribution in [0.15, 0.2) is 24.3 Å². The van der Waals surface area contributed by atoms with Crippen molar-refractivity contribution in [3.63, 3.8) is 0 Å². The summed E-state index contributed by atoms with van der Waals surface area (Å²) in [5.41, 5.74) is -1.01. The van der Waals surface area contributed by atoms with Crippen LogP contribution in [0.4, 0.5) is 4.79 Å². The van der Waals surface area contributed by atoms with E-state index in [1.165, 1.54) is 0 Å². The molecule has 7 heteroatoms. The van der Waals surface area contributed by atoms with Gasteiger partial charge in [0.2, 0.25) is 0 Å². The maximum atomic E-state index is 12.4. The highest BCUT2D eigenvalue weighted by Crippen LogP contribution is 2.48. The lowest BCUT2D eigenvalue weighted by molar-refractivity contribution is -0.0892. The van der Waals surface area contributed by atoms with Crippen molar-refractivity contribution in [3.05, 3.63) is 29.8 Å². The third kappa shape index (κ3) is 4.47. The van der Waals surface area contributed by atoms with Crippen molar-refractivity contribution >= 4 is 18.7 Å². The number of nitrogens with one attached hydrogen (secondary N) is 1. The summed E-state index contributed by atoms with van der Waals surface area (Å²) in [4.78, 5) is 12.4. The average Bonchev–Trinajstić information content (AvgIpc) is 2.71. The van der Waals surface area contributed by atoms with Gasteiger partial charge in [-0.25, -0.2) is 4.79 Å². The summed E-state index contributed by atoms with van der Waals surface area (Å²) < 4.78 is 17.7. The second kappa shape index (κ2) is 6.72. The molecule has 0 spiro atoms. The topological polar surface area (TPSA) is 77.0 Å². The highest BCUT2D eigenvalue weighted by molar-refractivity contribution is 6.62. The van der Waals surface area contributed by atoms with E-state index in [2.05, 4.69) is 5.32 Å². The first kappa shape index (κ1) is 22.1. The summed E-state index contributed by atoms with van der Waals surface area (Å²) in [6.07, 6.45) is 0.368. The van der Waals surface area contributed by atoms with Gasteiger partial charge in [0.05, 0.1) is 22.3 Å². The summed E-state index contributed by atoms with van der Waals surface area (Å²) in [5.74, 6) is 0. The second-order valence-electron chi connectivity index (χ2n) is 10.8. The monoisotopic (exact) mass is 403 g/mol. The van der Waals surface area contributed by atoms with Gasteiger partial charge in [0.15, 0.2) is 0 Å². The SMILES string of the molecule is CC(C)(C)OC(=O)N[C@]1(c2ccc(B3OC(C)(C)C(C)(C)O3)cc2)C[C@@](C)(O)C1. The van der Waals surface area contributed by atoms with E-state index >= 15 is 0 Å². The van der Waals surface area contributed by atoms with Crippen LogP contribution in [0.5, 0.6) is 0 Å². The van der Waals surface area contributed by atoms with E-state index < -0.39 is 41.2 Å². The summed E-state index contributed by atoms with van der Waals surface area (Å²) in [6, 6.07) is 7.85. The summed E-state index contributed by atoms with van der Waals surface area (Å²) in [5, 5.41) is 13.4. The molecule has 1 heterocycles. The smallest absolute Gasteiger partial charge is 0.444 e. The molecule has 1 saturated heterocycles. The first-order valence-corrected chi connectivity index (χ1v) is 10.2. The van der Waals surface area contributed by atoms with Crippen molar-refractivity contribution in [3.8, 4) is 0 Å². The first-order valence-electron chi connectivity index (χ1n) is 10.2. The van der Waals surface area contributed by atoms with Gasteiger partial charge in [0, 0.05) is 12.8 Å². The Morgan fingerprint density at radius 1 is 1.03 bits per heavy atom. The maximum absolute atomic E-state index is 12.4. The molecular weight excluding hydrogens is 369 g/mol. The molecule has 1 aromatic carbocycles. The Morgan fingerprint density at radius 2 is 1.52 bits per heavy atom. The van der Waals surface area contributed by atoms with E-state index in [0.717, 1.165) is 11.0 Å². The number of rotatable bonds is 3. The number of carbonyl (C=O) groups excluding carboxylic acids is 1. The van der Waals surface area contributed by atoms with Gasteiger partial charge in [-0.05, 0) is 66.4 Å². The highest BCUT2D eigenvalue weighted by Gasteiger charge is 2.54. The number of amides is 1. The van der Waals surface area contributed by atoms with Gasteiger partial charge in [-0.3, -0.25) is 0 Å². The molecule has 1 aliphatic heterocycles. The molecule has 0 bridgehead atoms. The number of alkyl carbamates (subject to hydrolysis) is 1. The molecule has 0 radical (unpaired) electrons. The van der Waals surface area contributed by atoms with Crippen LogP contribution in [0.25, 0.3) is 0 Å². The zero-order chi connectivity index (χ0) is 21.9. The van der Waals surface area contributed by atoms with Gasteiger partial charge in [-0.2, -0.15) is 0 Å². The van der Waals surface area contributed by atoms with Crippen LogP contribution in [0, 0.1) is 0 Å². The number of hydrogen-bond acceptors (Lipinski definition) is 5. The summed E-state index contributed by atoms with van der Waals surface area (Å²) in [7, 11) is -0.437. The minimum Gasteiger partial charge on any atom is -0.444 e. The molecule has 2 N–H and O–H groups in total. The summed E-state index contributed by atoms with van der Waals surface area (Å²) >= 11 is 0. The Balaban J connectivity index is 1.79. The lowest BCUT2D eigenvalue weighted by Crippen LogP contribution is -2.62. The van der Waals surface area contributed by atoms with Crippen LogP contribution < -0.4 is 10.8 Å². The standard InChI is InChI=1S/C22H34BNO5/c1-18(2,3)27-17(25)24-22(13-21(8,26)14-22)15-9-11-16(12-10-15)23-28-19(4,5)20(6,7)29-23/h9-12,26H,13-14H2,1-8H3,(H,24,25)/t21-,22-. The zero-order valence-corrected chi connectivity index (χ0v) is 18.9. The van der Waals surface area contributed by atoms with Gasteiger partial charge < -0.3 is 24.5 Å². The molecule has 160 valence electrons. The van der Waals surface area contributed by atoms with Gasteiger partial charge in [0.25, 0.3) is 0 Å². The first-order chi connectivity index (χ1) is 13.0. The molecule has 1 saturated carbocycles. The fraction of sp³-hybridized carbons (Fsp3) is 0.682. The van der Waals surface area contributed by atoms with E-state index in [1.807, 2.05) is 72.7 Å². The third-order valence-electron chi connectivity index (χ3n) is 6.09. The lowest BCUT2D eigenvalue weighted by Gasteiger charge is -2.52. The quantitative estimate of drug-likeness (QED) is 0.758. The fourth-order valence-electron chi connectivity index (χ4n) is 4.05. The molecule has 0 unspecified atom stereocenters. The molecule has 3 rings (SSSR count). The van der Waals surface area contributed by atoms with Crippen LogP contribution in [-0.2, 0) is 19.6 Å². The van der Waals surface area contributed by atoms with E-state index in [0.29, 0.717) is 12.8 Å². The molecule has 2 fully saturated rings. The van der Waals surface area contributed by atoms with E-state index in [4.69, 9.17) is 14.0 Å². The maximum Gasteiger partial charge on any atom is 0.494 e. The molecule has 2 aliphatic rings. The molecular formula is C22H34BNO5. The van der Waals surface area contributed by atoms with Gasteiger partial charge in [-0.1, -0.05) is 24.3 Å². The van der Waals surface area contributed by atoms with Crippen molar-refractivity contribution < 1.29 is 23.9 Å². The van der Waals surface area contributed by atoms with Crippen LogP contribution in [0.1, 0.15) is 73.8 Å². The fourth-order valence-corrected chi connectivity index (χ4v) is 4.05.